The Morgan fingerprint density at radius 1 is 1.03 bits per heavy atom. The molecule has 2 fully saturated rings. The first-order valence-electron chi connectivity index (χ1n) is 9.87. The van der Waals surface area contributed by atoms with Crippen molar-refractivity contribution in [2.24, 2.45) is 0 Å². The smallest absolute Gasteiger partial charge is 0.336 e. The lowest BCUT2D eigenvalue weighted by atomic mass is 9.99. The summed E-state index contributed by atoms with van der Waals surface area (Å²) >= 11 is 0. The average molecular weight is 456 g/mol. The molecule has 0 amide bonds. The van der Waals surface area contributed by atoms with Crippen LogP contribution in [-0.4, -0.2) is 99.2 Å². The molecule has 0 radical (unpaired) electrons. The van der Waals surface area contributed by atoms with E-state index in [1.807, 2.05) is 0 Å². The van der Waals surface area contributed by atoms with Gasteiger partial charge in [-0.25, -0.2) is 4.79 Å². The maximum Gasteiger partial charge on any atom is 0.336 e. The number of hydrogen-bond donors (Lipinski definition) is 6. The summed E-state index contributed by atoms with van der Waals surface area (Å²) in [4.78, 5) is 11.4. The topological polar surface area (TPSA) is 189 Å². The highest BCUT2D eigenvalue weighted by Crippen LogP contribution is 2.30. The normalized spacial score (nSPS) is 37.6. The Balaban J connectivity index is 1.47. The van der Waals surface area contributed by atoms with Crippen LogP contribution >= 0.6 is 0 Å². The third-order valence-electron chi connectivity index (χ3n) is 5.54. The van der Waals surface area contributed by atoms with Crippen LogP contribution < -0.4 is 10.4 Å². The lowest BCUT2D eigenvalue weighted by Crippen LogP contribution is -2.60. The van der Waals surface area contributed by atoms with Crippen molar-refractivity contribution in [3.63, 3.8) is 0 Å². The molecule has 2 aliphatic rings. The number of benzene rings is 1. The zero-order valence-electron chi connectivity index (χ0n) is 16.7. The van der Waals surface area contributed by atoms with Crippen LogP contribution in [0.25, 0.3) is 11.0 Å². The van der Waals surface area contributed by atoms with Gasteiger partial charge in [-0.1, -0.05) is 6.07 Å². The van der Waals surface area contributed by atoms with Crippen LogP contribution in [0.15, 0.2) is 39.5 Å². The van der Waals surface area contributed by atoms with Crippen LogP contribution in [0.1, 0.15) is 0 Å². The molecule has 1 aromatic carbocycles. The summed E-state index contributed by atoms with van der Waals surface area (Å²) < 4.78 is 26.9. The summed E-state index contributed by atoms with van der Waals surface area (Å²) in [6, 6.07) is 7.32. The van der Waals surface area contributed by atoms with E-state index in [1.54, 1.807) is 18.2 Å². The fourth-order valence-electron chi connectivity index (χ4n) is 3.57. The molecule has 0 aliphatic carbocycles. The molecule has 0 bridgehead atoms. The molecule has 1 aromatic heterocycles. The Hall–Kier alpha value is -2.13. The zero-order valence-corrected chi connectivity index (χ0v) is 16.7. The van der Waals surface area contributed by atoms with Gasteiger partial charge < -0.3 is 54.0 Å². The molecule has 1 unspecified atom stereocenters. The molecule has 2 aliphatic heterocycles. The summed E-state index contributed by atoms with van der Waals surface area (Å²) in [6.45, 7) is -1.52. The lowest BCUT2D eigenvalue weighted by Gasteiger charge is -2.40. The Morgan fingerprint density at radius 2 is 1.81 bits per heavy atom. The zero-order chi connectivity index (χ0) is 23.0. The van der Waals surface area contributed by atoms with Crippen LogP contribution in [0.5, 0.6) is 5.75 Å². The first-order valence-corrected chi connectivity index (χ1v) is 9.87. The number of aliphatic hydroxyl groups is 6. The van der Waals surface area contributed by atoms with E-state index >= 15 is 0 Å². The molecule has 32 heavy (non-hydrogen) atoms. The monoisotopic (exact) mass is 456 g/mol. The molecular weight excluding hydrogens is 432 g/mol. The predicted octanol–water partition coefficient (Wildman–Crippen LogP) is -2.56. The van der Waals surface area contributed by atoms with Crippen molar-refractivity contribution >= 4 is 11.0 Å². The lowest BCUT2D eigenvalue weighted by molar-refractivity contribution is -0.289. The molecule has 176 valence electrons. The summed E-state index contributed by atoms with van der Waals surface area (Å²) in [5, 5.41) is 60.5. The summed E-state index contributed by atoms with van der Waals surface area (Å²) in [5.74, 6) is 0.195. The van der Waals surface area contributed by atoms with Crippen molar-refractivity contribution in [3.8, 4) is 5.75 Å². The van der Waals surface area contributed by atoms with Gasteiger partial charge in [-0.05, 0) is 18.2 Å². The highest BCUT2D eigenvalue weighted by molar-refractivity contribution is 5.83. The van der Waals surface area contributed by atoms with Crippen LogP contribution in [0.4, 0.5) is 0 Å². The van der Waals surface area contributed by atoms with Crippen LogP contribution in [-0.2, 0) is 14.2 Å². The van der Waals surface area contributed by atoms with E-state index in [1.165, 1.54) is 12.1 Å². The maximum absolute atomic E-state index is 11.4. The first kappa shape index (κ1) is 23.0. The van der Waals surface area contributed by atoms with Crippen molar-refractivity contribution in [2.75, 3.05) is 19.8 Å². The van der Waals surface area contributed by atoms with Gasteiger partial charge in [0.15, 0.2) is 6.29 Å². The average Bonchev–Trinajstić information content (AvgIpc) is 3.07. The molecule has 2 aromatic rings. The molecular formula is C20H24O12. The molecule has 8 atom stereocenters. The Morgan fingerprint density at radius 3 is 2.53 bits per heavy atom. The molecule has 12 heteroatoms. The second-order valence-corrected chi connectivity index (χ2v) is 7.77. The number of hydrogen-bond acceptors (Lipinski definition) is 12. The van der Waals surface area contributed by atoms with Gasteiger partial charge in [0.1, 0.15) is 47.5 Å². The fraction of sp³-hybridized carbons (Fsp3) is 0.550. The second kappa shape index (κ2) is 9.02. The van der Waals surface area contributed by atoms with E-state index in [0.29, 0.717) is 5.39 Å². The van der Waals surface area contributed by atoms with E-state index in [9.17, 15) is 35.4 Å². The Kier molecular flexibility index (Phi) is 6.49. The van der Waals surface area contributed by atoms with Crippen molar-refractivity contribution in [3.05, 3.63) is 40.8 Å². The molecule has 2 saturated heterocycles. The van der Waals surface area contributed by atoms with Gasteiger partial charge in [-0.2, -0.15) is 0 Å². The van der Waals surface area contributed by atoms with E-state index < -0.39 is 67.5 Å². The van der Waals surface area contributed by atoms with Crippen molar-refractivity contribution < 1.29 is 54.0 Å². The number of ether oxygens (including phenoxy) is 4. The maximum atomic E-state index is 11.4. The highest BCUT2D eigenvalue weighted by Gasteiger charge is 2.50. The van der Waals surface area contributed by atoms with Gasteiger partial charge in [0, 0.05) is 6.07 Å². The van der Waals surface area contributed by atoms with Gasteiger partial charge in [0.25, 0.3) is 0 Å². The number of rotatable bonds is 6. The van der Waals surface area contributed by atoms with Gasteiger partial charge in [-0.15, -0.1) is 0 Å². The Bertz CT molecular complexity index is 994. The van der Waals surface area contributed by atoms with E-state index in [-0.39, 0.29) is 17.9 Å². The molecule has 6 N–H and O–H groups in total. The first-order chi connectivity index (χ1) is 15.2. The third kappa shape index (κ3) is 4.24. The minimum absolute atomic E-state index is 0.195. The largest absolute Gasteiger partial charge is 0.461 e. The van der Waals surface area contributed by atoms with Gasteiger partial charge in [0.2, 0.25) is 6.29 Å². The molecule has 3 heterocycles. The Labute approximate surface area is 180 Å². The van der Waals surface area contributed by atoms with Gasteiger partial charge in [-0.3, -0.25) is 0 Å². The van der Waals surface area contributed by atoms with Gasteiger partial charge >= 0.3 is 5.63 Å². The predicted molar refractivity (Wildman–Crippen MR) is 104 cm³/mol. The SMILES string of the molecule is O=c1ccc2c(OC3O[C@@H](CO[C@@H]4OC[C@](O)(CO)[C@H]4O)[C@H](O)[C@@H](O)[C@@H]3O)cccc2o1. The molecule has 0 saturated carbocycles. The van der Waals surface area contributed by atoms with E-state index in [0.717, 1.165) is 0 Å². The van der Waals surface area contributed by atoms with Crippen molar-refractivity contribution in [2.45, 2.75) is 48.7 Å². The second-order valence-electron chi connectivity index (χ2n) is 7.77. The summed E-state index contributed by atoms with van der Waals surface area (Å²) in [5.41, 5.74) is -2.20. The van der Waals surface area contributed by atoms with Crippen LogP contribution in [0, 0.1) is 0 Å². The van der Waals surface area contributed by atoms with E-state index in [4.69, 9.17) is 23.4 Å². The summed E-state index contributed by atoms with van der Waals surface area (Å²) in [6.07, 6.45) is -10.3. The van der Waals surface area contributed by atoms with Crippen molar-refractivity contribution in [1.82, 2.24) is 0 Å². The molecule has 4 rings (SSSR count). The third-order valence-corrected chi connectivity index (χ3v) is 5.54. The summed E-state index contributed by atoms with van der Waals surface area (Å²) in [7, 11) is 0. The molecule has 12 nitrogen and oxygen atoms in total. The minimum atomic E-state index is -1.89. The van der Waals surface area contributed by atoms with E-state index in [2.05, 4.69) is 0 Å². The van der Waals surface area contributed by atoms with Crippen molar-refractivity contribution in [1.29, 1.82) is 0 Å². The van der Waals surface area contributed by atoms with Crippen LogP contribution in [0.2, 0.25) is 0 Å². The fourth-order valence-corrected chi connectivity index (χ4v) is 3.57. The number of fused-ring (bicyclic) bond motifs is 1. The quantitative estimate of drug-likeness (QED) is 0.250. The van der Waals surface area contributed by atoms with Crippen LogP contribution in [0.3, 0.4) is 0 Å². The highest BCUT2D eigenvalue weighted by atomic mass is 16.7. The minimum Gasteiger partial charge on any atom is -0.461 e. The number of aliphatic hydroxyl groups excluding tert-OH is 5. The van der Waals surface area contributed by atoms with Gasteiger partial charge in [0.05, 0.1) is 25.2 Å². The standard InChI is InChI=1S/C20H24O12/c21-7-20(27)8-29-19(17(20)26)28-6-12-14(23)15(24)16(25)18(32-12)31-11-3-1-2-10-9(11)4-5-13(22)30-10/h1-5,12,14-19,21,23-27H,6-8H2/t12-,14-,15+,16-,17-,18?,19+,20+/m0/s1. The molecule has 0 spiro atoms.